The van der Waals surface area contributed by atoms with E-state index in [9.17, 15) is 9.90 Å². The van der Waals surface area contributed by atoms with Gasteiger partial charge in [-0.2, -0.15) is 5.10 Å². The molecule has 0 aromatic carbocycles. The molecule has 0 bridgehead atoms. The van der Waals surface area contributed by atoms with Crippen LogP contribution in [0.4, 0.5) is 4.79 Å². The number of rotatable bonds is 3. The number of nitrogens with zero attached hydrogens (tertiary/aromatic N) is 4. The van der Waals surface area contributed by atoms with Gasteiger partial charge in [-0.25, -0.2) is 14.5 Å². The van der Waals surface area contributed by atoms with Crippen LogP contribution in [-0.2, 0) is 11.2 Å². The molecule has 2 unspecified atom stereocenters. The quantitative estimate of drug-likeness (QED) is 0.920. The highest BCUT2D eigenvalue weighted by molar-refractivity contribution is 5.68. The standard InChI is InChI=1S/C16H28N4O3/c1-11(2)20-14(17-10-18-20)8-12-9-19(7-6-13(12)21)15(22)23-16(3,4)5/h10-13,21H,6-9H2,1-5H3. The lowest BCUT2D eigenvalue weighted by Crippen LogP contribution is -2.48. The largest absolute Gasteiger partial charge is 0.444 e. The monoisotopic (exact) mass is 324 g/mol. The van der Waals surface area contributed by atoms with E-state index in [-0.39, 0.29) is 18.1 Å². The van der Waals surface area contributed by atoms with E-state index < -0.39 is 11.7 Å². The molecule has 0 radical (unpaired) electrons. The third kappa shape index (κ3) is 4.67. The van der Waals surface area contributed by atoms with Crippen LogP contribution < -0.4 is 0 Å². The summed E-state index contributed by atoms with van der Waals surface area (Å²) in [5, 5.41) is 14.5. The molecule has 1 amide bonds. The van der Waals surface area contributed by atoms with Gasteiger partial charge in [0.25, 0.3) is 0 Å². The van der Waals surface area contributed by atoms with Gasteiger partial charge in [0.1, 0.15) is 17.8 Å². The van der Waals surface area contributed by atoms with Crippen molar-refractivity contribution in [3.63, 3.8) is 0 Å². The van der Waals surface area contributed by atoms with Gasteiger partial charge in [-0.3, -0.25) is 0 Å². The van der Waals surface area contributed by atoms with Crippen LogP contribution >= 0.6 is 0 Å². The zero-order valence-electron chi connectivity index (χ0n) is 14.7. The van der Waals surface area contributed by atoms with Gasteiger partial charge in [-0.05, 0) is 41.0 Å². The Morgan fingerprint density at radius 2 is 2.17 bits per heavy atom. The van der Waals surface area contributed by atoms with Gasteiger partial charge in [0.05, 0.1) is 6.10 Å². The molecule has 130 valence electrons. The second-order valence-electron chi connectivity index (χ2n) is 7.46. The summed E-state index contributed by atoms with van der Waals surface area (Å²) in [5.41, 5.74) is -0.513. The molecular weight excluding hydrogens is 296 g/mol. The molecule has 1 aliphatic heterocycles. The molecule has 2 atom stereocenters. The number of carbonyl (C=O) groups is 1. The molecule has 1 aliphatic rings. The Kier molecular flexibility index (Phi) is 5.29. The summed E-state index contributed by atoms with van der Waals surface area (Å²) >= 11 is 0. The van der Waals surface area contributed by atoms with Crippen molar-refractivity contribution in [2.75, 3.05) is 13.1 Å². The Morgan fingerprint density at radius 3 is 2.78 bits per heavy atom. The number of ether oxygens (including phenoxy) is 1. The van der Waals surface area contributed by atoms with Crippen LogP contribution in [0.25, 0.3) is 0 Å². The van der Waals surface area contributed by atoms with Gasteiger partial charge >= 0.3 is 6.09 Å². The van der Waals surface area contributed by atoms with Gasteiger partial charge in [0, 0.05) is 31.5 Å². The summed E-state index contributed by atoms with van der Waals surface area (Å²) in [4.78, 5) is 18.2. The highest BCUT2D eigenvalue weighted by Gasteiger charge is 2.33. The lowest BCUT2D eigenvalue weighted by Gasteiger charge is -2.36. The van der Waals surface area contributed by atoms with Crippen LogP contribution in [-0.4, -0.2) is 55.7 Å². The molecule has 0 saturated carbocycles. The first-order chi connectivity index (χ1) is 10.7. The molecule has 7 heteroatoms. The first-order valence-electron chi connectivity index (χ1n) is 8.21. The maximum Gasteiger partial charge on any atom is 0.410 e. The number of piperidine rings is 1. The molecule has 0 aliphatic carbocycles. The summed E-state index contributed by atoms with van der Waals surface area (Å²) in [6.07, 6.45) is 1.93. The van der Waals surface area contributed by atoms with Gasteiger partial charge in [0.2, 0.25) is 0 Å². The van der Waals surface area contributed by atoms with E-state index in [0.29, 0.717) is 25.9 Å². The van der Waals surface area contributed by atoms with E-state index in [4.69, 9.17) is 4.74 Å². The van der Waals surface area contributed by atoms with Gasteiger partial charge in [0.15, 0.2) is 0 Å². The lowest BCUT2D eigenvalue weighted by atomic mass is 9.91. The number of aliphatic hydroxyl groups is 1. The molecule has 0 spiro atoms. The van der Waals surface area contributed by atoms with E-state index in [1.165, 1.54) is 6.33 Å². The minimum Gasteiger partial charge on any atom is -0.444 e. The first kappa shape index (κ1) is 17.7. The molecule has 2 rings (SSSR count). The third-order valence-corrected chi connectivity index (χ3v) is 3.93. The zero-order valence-corrected chi connectivity index (χ0v) is 14.7. The topological polar surface area (TPSA) is 80.5 Å². The number of hydrogen-bond donors (Lipinski definition) is 1. The predicted octanol–water partition coefficient (Wildman–Crippen LogP) is 2.02. The predicted molar refractivity (Wildman–Crippen MR) is 86.0 cm³/mol. The van der Waals surface area contributed by atoms with Crippen LogP contribution in [0.1, 0.15) is 52.9 Å². The highest BCUT2D eigenvalue weighted by atomic mass is 16.6. The summed E-state index contributed by atoms with van der Waals surface area (Å²) in [5.74, 6) is 0.785. The third-order valence-electron chi connectivity index (χ3n) is 3.93. The first-order valence-corrected chi connectivity index (χ1v) is 8.21. The molecule has 1 aromatic rings. The minimum atomic E-state index is -0.513. The van der Waals surface area contributed by atoms with E-state index in [2.05, 4.69) is 10.1 Å². The Balaban J connectivity index is 2.03. The van der Waals surface area contributed by atoms with Crippen molar-refractivity contribution in [1.82, 2.24) is 19.7 Å². The maximum atomic E-state index is 12.2. The molecule has 1 saturated heterocycles. The van der Waals surface area contributed by atoms with Crippen molar-refractivity contribution >= 4 is 6.09 Å². The fourth-order valence-electron chi connectivity index (χ4n) is 2.80. The lowest BCUT2D eigenvalue weighted by molar-refractivity contribution is -0.00882. The summed E-state index contributed by atoms with van der Waals surface area (Å²) in [6, 6.07) is 0.218. The average molecular weight is 324 g/mol. The zero-order chi connectivity index (χ0) is 17.2. The second kappa shape index (κ2) is 6.86. The summed E-state index contributed by atoms with van der Waals surface area (Å²) < 4.78 is 7.29. The molecule has 2 heterocycles. The van der Waals surface area contributed by atoms with Crippen LogP contribution in [0.5, 0.6) is 0 Å². The van der Waals surface area contributed by atoms with Crippen molar-refractivity contribution < 1.29 is 14.6 Å². The van der Waals surface area contributed by atoms with E-state index >= 15 is 0 Å². The molecule has 1 aromatic heterocycles. The van der Waals surface area contributed by atoms with Crippen LogP contribution in [0.15, 0.2) is 6.33 Å². The number of carbonyl (C=O) groups excluding carboxylic acids is 1. The summed E-state index contributed by atoms with van der Waals surface area (Å²) in [6.45, 7) is 10.6. The van der Waals surface area contributed by atoms with Crippen molar-refractivity contribution in [2.24, 2.45) is 5.92 Å². The molecule has 1 N–H and O–H groups in total. The molecule has 1 fully saturated rings. The van der Waals surface area contributed by atoms with Crippen LogP contribution in [0.2, 0.25) is 0 Å². The number of amides is 1. The maximum absolute atomic E-state index is 12.2. The van der Waals surface area contributed by atoms with Gasteiger partial charge in [-0.1, -0.05) is 0 Å². The highest BCUT2D eigenvalue weighted by Crippen LogP contribution is 2.23. The Bertz CT molecular complexity index is 536. The van der Waals surface area contributed by atoms with Crippen molar-refractivity contribution in [1.29, 1.82) is 0 Å². The van der Waals surface area contributed by atoms with Crippen molar-refractivity contribution in [3.05, 3.63) is 12.2 Å². The van der Waals surface area contributed by atoms with Gasteiger partial charge < -0.3 is 14.7 Å². The van der Waals surface area contributed by atoms with E-state index in [1.54, 1.807) is 4.90 Å². The van der Waals surface area contributed by atoms with Crippen LogP contribution in [0, 0.1) is 5.92 Å². The number of aliphatic hydroxyl groups excluding tert-OH is 1. The van der Waals surface area contributed by atoms with Crippen LogP contribution in [0.3, 0.4) is 0 Å². The smallest absolute Gasteiger partial charge is 0.410 e. The molecule has 23 heavy (non-hydrogen) atoms. The average Bonchev–Trinajstić information content (AvgIpc) is 2.87. The van der Waals surface area contributed by atoms with Crippen molar-refractivity contribution in [2.45, 2.75) is 65.2 Å². The Morgan fingerprint density at radius 1 is 1.48 bits per heavy atom. The fraction of sp³-hybridized carbons (Fsp3) is 0.812. The number of aromatic nitrogens is 3. The number of hydrogen-bond acceptors (Lipinski definition) is 5. The normalized spacial score (nSPS) is 22.5. The van der Waals surface area contributed by atoms with E-state index in [1.807, 2.05) is 39.3 Å². The Hall–Kier alpha value is -1.63. The fourth-order valence-corrected chi connectivity index (χ4v) is 2.80. The summed E-state index contributed by atoms with van der Waals surface area (Å²) in [7, 11) is 0. The van der Waals surface area contributed by atoms with E-state index in [0.717, 1.165) is 5.82 Å². The van der Waals surface area contributed by atoms with Crippen molar-refractivity contribution in [3.8, 4) is 0 Å². The second-order valence-corrected chi connectivity index (χ2v) is 7.46. The Labute approximate surface area is 137 Å². The minimum absolute atomic E-state index is 0.0574. The SMILES string of the molecule is CC(C)n1ncnc1CC1CN(C(=O)OC(C)(C)C)CCC1O. The molecular formula is C16H28N4O3. The number of likely N-dealkylation sites (tertiary alicyclic amines) is 1. The van der Waals surface area contributed by atoms with Gasteiger partial charge in [-0.15, -0.1) is 0 Å². The molecule has 7 nitrogen and oxygen atoms in total.